The average molecular weight is 347 g/mol. The first-order chi connectivity index (χ1) is 12.3. The highest BCUT2D eigenvalue weighted by molar-refractivity contribution is 6.10. The summed E-state index contributed by atoms with van der Waals surface area (Å²) >= 11 is 0. The maximum atomic E-state index is 13.4. The lowest BCUT2D eigenvalue weighted by Crippen LogP contribution is -2.36. The van der Waals surface area contributed by atoms with E-state index in [0.29, 0.717) is 18.4 Å². The van der Waals surface area contributed by atoms with Gasteiger partial charge in [-0.25, -0.2) is 0 Å². The second-order valence-corrected chi connectivity index (χ2v) is 7.87. The second kappa shape index (κ2) is 6.91. The van der Waals surface area contributed by atoms with Crippen molar-refractivity contribution in [2.75, 3.05) is 4.90 Å². The molecule has 1 aliphatic rings. The van der Waals surface area contributed by atoms with Crippen molar-refractivity contribution in [3.63, 3.8) is 0 Å². The number of carbonyl (C=O) groups is 2. The summed E-state index contributed by atoms with van der Waals surface area (Å²) in [6.07, 6.45) is 2.85. The first-order valence-electron chi connectivity index (χ1n) is 8.98. The van der Waals surface area contributed by atoms with Crippen LogP contribution < -0.4 is 4.90 Å². The minimum absolute atomic E-state index is 0.0772. The van der Waals surface area contributed by atoms with E-state index < -0.39 is 0 Å². The quantitative estimate of drug-likeness (QED) is 0.763. The molecule has 1 amide bonds. The third-order valence-corrected chi connectivity index (χ3v) is 4.81. The van der Waals surface area contributed by atoms with Crippen LogP contribution in [-0.2, 0) is 4.79 Å². The molecule has 0 spiro atoms. The van der Waals surface area contributed by atoms with Crippen molar-refractivity contribution in [1.29, 1.82) is 0 Å². The summed E-state index contributed by atoms with van der Waals surface area (Å²) in [7, 11) is 0. The van der Waals surface area contributed by atoms with Gasteiger partial charge in [0.1, 0.15) is 0 Å². The number of hydrogen-bond acceptors (Lipinski definition) is 2. The molecule has 134 valence electrons. The van der Waals surface area contributed by atoms with Gasteiger partial charge >= 0.3 is 0 Å². The van der Waals surface area contributed by atoms with Gasteiger partial charge in [0, 0.05) is 23.8 Å². The molecule has 0 heterocycles. The monoisotopic (exact) mass is 347 g/mol. The van der Waals surface area contributed by atoms with Crippen LogP contribution in [0.5, 0.6) is 0 Å². The highest BCUT2D eigenvalue weighted by Gasteiger charge is 2.33. The first-order valence-corrected chi connectivity index (χ1v) is 8.98. The summed E-state index contributed by atoms with van der Waals surface area (Å²) in [4.78, 5) is 27.5. The predicted molar refractivity (Wildman–Crippen MR) is 105 cm³/mol. The molecule has 2 aromatic rings. The van der Waals surface area contributed by atoms with E-state index in [4.69, 9.17) is 0 Å². The molecule has 0 N–H and O–H groups in total. The van der Waals surface area contributed by atoms with E-state index in [-0.39, 0.29) is 17.1 Å². The van der Waals surface area contributed by atoms with Gasteiger partial charge in [-0.1, -0.05) is 50.2 Å². The van der Waals surface area contributed by atoms with E-state index >= 15 is 0 Å². The Morgan fingerprint density at radius 1 is 0.923 bits per heavy atom. The zero-order valence-electron chi connectivity index (χ0n) is 15.9. The van der Waals surface area contributed by atoms with Crippen LogP contribution in [0.2, 0.25) is 0 Å². The summed E-state index contributed by atoms with van der Waals surface area (Å²) < 4.78 is 0. The van der Waals surface area contributed by atoms with Gasteiger partial charge < -0.3 is 0 Å². The number of amides is 1. The number of aryl methyl sites for hydroxylation is 2. The lowest BCUT2D eigenvalue weighted by molar-refractivity contribution is -0.117. The van der Waals surface area contributed by atoms with Gasteiger partial charge in [0.2, 0.25) is 0 Å². The van der Waals surface area contributed by atoms with Crippen molar-refractivity contribution in [3.05, 3.63) is 77.0 Å². The lowest BCUT2D eigenvalue weighted by atomic mass is 9.78. The number of anilines is 1. The SMILES string of the molecule is Cc1cccc(C)c1N(C(=O)c1ccccc1)C1=CC(=O)CC(C)(C)C1. The zero-order valence-corrected chi connectivity index (χ0v) is 15.9. The number of para-hydroxylation sites is 1. The largest absolute Gasteiger partial charge is 0.295 e. The molecule has 3 heteroatoms. The summed E-state index contributed by atoms with van der Waals surface area (Å²) in [6.45, 7) is 8.16. The number of carbonyl (C=O) groups excluding carboxylic acids is 2. The fourth-order valence-corrected chi connectivity index (χ4v) is 3.70. The molecule has 0 saturated carbocycles. The van der Waals surface area contributed by atoms with Gasteiger partial charge in [-0.15, -0.1) is 0 Å². The Morgan fingerprint density at radius 3 is 2.12 bits per heavy atom. The molecular formula is C23H25NO2. The molecule has 3 nitrogen and oxygen atoms in total. The van der Waals surface area contributed by atoms with Crippen LogP contribution in [0.4, 0.5) is 5.69 Å². The number of allylic oxidation sites excluding steroid dienone is 2. The molecule has 0 aromatic heterocycles. The Labute approximate surface area is 155 Å². The van der Waals surface area contributed by atoms with Crippen molar-refractivity contribution in [2.24, 2.45) is 5.41 Å². The number of rotatable bonds is 3. The van der Waals surface area contributed by atoms with Crippen LogP contribution in [0, 0.1) is 19.3 Å². The molecule has 0 bridgehead atoms. The van der Waals surface area contributed by atoms with E-state index in [0.717, 1.165) is 22.5 Å². The van der Waals surface area contributed by atoms with Crippen LogP contribution in [-0.4, -0.2) is 11.7 Å². The molecule has 2 aromatic carbocycles. The van der Waals surface area contributed by atoms with E-state index in [9.17, 15) is 9.59 Å². The predicted octanol–water partition coefficient (Wildman–Crippen LogP) is 5.22. The van der Waals surface area contributed by atoms with E-state index in [1.165, 1.54) is 0 Å². The van der Waals surface area contributed by atoms with Crippen molar-refractivity contribution >= 4 is 17.4 Å². The minimum atomic E-state index is -0.160. The number of ketones is 1. The van der Waals surface area contributed by atoms with Crippen molar-refractivity contribution in [3.8, 4) is 0 Å². The van der Waals surface area contributed by atoms with Crippen molar-refractivity contribution < 1.29 is 9.59 Å². The Balaban J connectivity index is 2.17. The van der Waals surface area contributed by atoms with Crippen LogP contribution in [0.3, 0.4) is 0 Å². The van der Waals surface area contributed by atoms with Crippen LogP contribution in [0.25, 0.3) is 0 Å². The normalized spacial score (nSPS) is 16.2. The van der Waals surface area contributed by atoms with Gasteiger partial charge in [-0.3, -0.25) is 14.5 Å². The summed E-state index contributed by atoms with van der Waals surface area (Å²) in [5.41, 5.74) is 4.15. The van der Waals surface area contributed by atoms with Crippen molar-refractivity contribution in [1.82, 2.24) is 0 Å². The Morgan fingerprint density at radius 2 is 1.54 bits per heavy atom. The van der Waals surface area contributed by atoms with Gasteiger partial charge in [0.15, 0.2) is 5.78 Å². The standard InChI is InChI=1S/C23H25NO2/c1-16-9-8-10-17(2)21(16)24(22(26)18-11-6-5-7-12-18)19-13-20(25)15-23(3,4)14-19/h5-13H,14-15H2,1-4H3. The number of hydrogen-bond donors (Lipinski definition) is 0. The minimum Gasteiger partial charge on any atom is -0.295 e. The summed E-state index contributed by atoms with van der Waals surface area (Å²) in [6, 6.07) is 15.3. The molecule has 0 aliphatic heterocycles. The van der Waals surface area contributed by atoms with Crippen molar-refractivity contribution in [2.45, 2.75) is 40.5 Å². The summed E-state index contributed by atoms with van der Waals surface area (Å²) in [5, 5.41) is 0. The molecule has 0 fully saturated rings. The van der Waals surface area contributed by atoms with Gasteiger partial charge in [0.05, 0.1) is 5.69 Å². The molecule has 3 rings (SSSR count). The fourth-order valence-electron chi connectivity index (χ4n) is 3.70. The van der Waals surface area contributed by atoms with Crippen LogP contribution in [0.15, 0.2) is 60.3 Å². The topological polar surface area (TPSA) is 37.4 Å². The molecular weight excluding hydrogens is 322 g/mol. The van der Waals surface area contributed by atoms with Gasteiger partial charge in [-0.2, -0.15) is 0 Å². The van der Waals surface area contributed by atoms with E-state index in [1.54, 1.807) is 11.0 Å². The number of benzene rings is 2. The summed E-state index contributed by atoms with van der Waals surface area (Å²) in [5.74, 6) is -0.0203. The van der Waals surface area contributed by atoms with Gasteiger partial charge in [-0.05, 0) is 48.9 Å². The molecule has 26 heavy (non-hydrogen) atoms. The third-order valence-electron chi connectivity index (χ3n) is 4.81. The van der Waals surface area contributed by atoms with Gasteiger partial charge in [0.25, 0.3) is 5.91 Å². The van der Waals surface area contributed by atoms with E-state index in [1.807, 2.05) is 62.4 Å². The third kappa shape index (κ3) is 3.62. The highest BCUT2D eigenvalue weighted by Crippen LogP contribution is 2.39. The second-order valence-electron chi connectivity index (χ2n) is 7.87. The lowest BCUT2D eigenvalue weighted by Gasteiger charge is -2.36. The Hall–Kier alpha value is -2.68. The van der Waals surface area contributed by atoms with E-state index in [2.05, 4.69) is 13.8 Å². The molecule has 0 unspecified atom stereocenters. The molecule has 0 atom stereocenters. The fraction of sp³-hybridized carbons (Fsp3) is 0.304. The maximum Gasteiger partial charge on any atom is 0.262 e. The molecule has 0 saturated heterocycles. The van der Waals surface area contributed by atoms with Crippen LogP contribution >= 0.6 is 0 Å². The first kappa shape index (κ1) is 18.1. The maximum absolute atomic E-state index is 13.4. The molecule has 1 aliphatic carbocycles. The Bertz CT molecular complexity index is 858. The average Bonchev–Trinajstić information content (AvgIpc) is 2.56. The zero-order chi connectivity index (χ0) is 18.9. The number of nitrogens with zero attached hydrogens (tertiary/aromatic N) is 1. The highest BCUT2D eigenvalue weighted by atomic mass is 16.2. The van der Waals surface area contributed by atoms with Crippen LogP contribution in [0.1, 0.15) is 48.2 Å². The smallest absolute Gasteiger partial charge is 0.262 e. The molecule has 0 radical (unpaired) electrons. The Kier molecular flexibility index (Phi) is 4.82.